The van der Waals surface area contributed by atoms with Gasteiger partial charge in [-0.05, 0) is 43.9 Å². The van der Waals surface area contributed by atoms with Crippen molar-refractivity contribution in [3.8, 4) is 6.07 Å². The van der Waals surface area contributed by atoms with Gasteiger partial charge in [0.1, 0.15) is 11.6 Å². The smallest absolute Gasteiger partial charge is 0.266 e. The van der Waals surface area contributed by atoms with Crippen molar-refractivity contribution in [3.63, 3.8) is 0 Å². The standard InChI is InChI=1S/C16H20N4O/c1-12-5-6-14(18)15(9-12)19-11-13(10-17)16(21)20-7-3-2-4-8-20/h5-6,9,11,19H,2-4,7-8,18H2,1H3/b13-11-. The molecule has 0 saturated carbocycles. The number of rotatable bonds is 3. The molecule has 1 aromatic rings. The third-order valence-corrected chi connectivity index (χ3v) is 3.57. The van der Waals surface area contributed by atoms with E-state index in [-0.39, 0.29) is 11.5 Å². The van der Waals surface area contributed by atoms with E-state index in [1.165, 1.54) is 6.20 Å². The van der Waals surface area contributed by atoms with E-state index in [0.29, 0.717) is 11.4 Å². The Morgan fingerprint density at radius 2 is 2.10 bits per heavy atom. The second-order valence-electron chi connectivity index (χ2n) is 5.26. The van der Waals surface area contributed by atoms with Gasteiger partial charge in [-0.1, -0.05) is 6.07 Å². The third-order valence-electron chi connectivity index (χ3n) is 3.57. The number of anilines is 2. The Morgan fingerprint density at radius 1 is 1.38 bits per heavy atom. The molecule has 5 nitrogen and oxygen atoms in total. The predicted molar refractivity (Wildman–Crippen MR) is 83.3 cm³/mol. The highest BCUT2D eigenvalue weighted by molar-refractivity contribution is 5.97. The summed E-state index contributed by atoms with van der Waals surface area (Å²) in [7, 11) is 0. The quantitative estimate of drug-likeness (QED) is 0.507. The normalized spacial score (nSPS) is 15.4. The van der Waals surface area contributed by atoms with Gasteiger partial charge in [0.15, 0.2) is 0 Å². The number of benzene rings is 1. The zero-order chi connectivity index (χ0) is 15.2. The van der Waals surface area contributed by atoms with Gasteiger partial charge in [0.2, 0.25) is 0 Å². The maximum Gasteiger partial charge on any atom is 0.266 e. The molecule has 1 amide bonds. The van der Waals surface area contributed by atoms with E-state index in [0.717, 1.165) is 37.9 Å². The van der Waals surface area contributed by atoms with Crippen molar-refractivity contribution in [2.24, 2.45) is 0 Å². The van der Waals surface area contributed by atoms with Crippen LogP contribution >= 0.6 is 0 Å². The van der Waals surface area contributed by atoms with Crippen molar-refractivity contribution in [3.05, 3.63) is 35.5 Å². The molecule has 2 rings (SSSR count). The van der Waals surface area contributed by atoms with Crippen LogP contribution in [0.25, 0.3) is 0 Å². The van der Waals surface area contributed by atoms with Gasteiger partial charge < -0.3 is 16.0 Å². The molecule has 21 heavy (non-hydrogen) atoms. The number of amides is 1. The van der Waals surface area contributed by atoms with Crippen LogP contribution in [-0.4, -0.2) is 23.9 Å². The SMILES string of the molecule is Cc1ccc(N)c(N/C=C(/C#N)C(=O)N2CCCCC2)c1. The number of nitrogens with two attached hydrogens (primary N) is 1. The molecule has 0 aromatic heterocycles. The van der Waals surface area contributed by atoms with E-state index in [4.69, 9.17) is 5.73 Å². The number of nitriles is 1. The van der Waals surface area contributed by atoms with Crippen molar-refractivity contribution >= 4 is 17.3 Å². The second kappa shape index (κ2) is 6.80. The van der Waals surface area contributed by atoms with Crippen molar-refractivity contribution in [1.29, 1.82) is 5.26 Å². The summed E-state index contributed by atoms with van der Waals surface area (Å²) in [6.07, 6.45) is 4.60. The van der Waals surface area contributed by atoms with E-state index in [1.54, 1.807) is 11.0 Å². The number of nitrogens with one attached hydrogen (secondary N) is 1. The monoisotopic (exact) mass is 284 g/mol. The van der Waals surface area contributed by atoms with Gasteiger partial charge in [-0.3, -0.25) is 4.79 Å². The van der Waals surface area contributed by atoms with Crippen molar-refractivity contribution in [1.82, 2.24) is 4.90 Å². The van der Waals surface area contributed by atoms with Crippen molar-refractivity contribution in [2.75, 3.05) is 24.1 Å². The van der Waals surface area contributed by atoms with Gasteiger partial charge in [-0.15, -0.1) is 0 Å². The first kappa shape index (κ1) is 14.9. The van der Waals surface area contributed by atoms with E-state index >= 15 is 0 Å². The Morgan fingerprint density at radius 3 is 2.76 bits per heavy atom. The lowest BCUT2D eigenvalue weighted by Gasteiger charge is -2.26. The topological polar surface area (TPSA) is 82.1 Å². The molecule has 3 N–H and O–H groups in total. The average Bonchev–Trinajstić information content (AvgIpc) is 2.51. The van der Waals surface area contributed by atoms with Crippen molar-refractivity contribution in [2.45, 2.75) is 26.2 Å². The summed E-state index contributed by atoms with van der Waals surface area (Å²) >= 11 is 0. The van der Waals surface area contributed by atoms with E-state index in [2.05, 4.69) is 5.32 Å². The minimum Gasteiger partial charge on any atom is -0.397 e. The van der Waals surface area contributed by atoms with Crippen LogP contribution in [0.15, 0.2) is 30.0 Å². The highest BCUT2D eigenvalue weighted by atomic mass is 16.2. The molecule has 0 spiro atoms. The van der Waals surface area contributed by atoms with Crippen LogP contribution in [-0.2, 0) is 4.79 Å². The molecule has 1 heterocycles. The number of carbonyl (C=O) groups is 1. The molecule has 1 aliphatic rings. The van der Waals surface area contributed by atoms with Gasteiger partial charge in [0.25, 0.3) is 5.91 Å². The minimum atomic E-state index is -0.212. The second-order valence-corrected chi connectivity index (χ2v) is 5.26. The first-order valence-corrected chi connectivity index (χ1v) is 7.14. The predicted octanol–water partition coefficient (Wildman–Crippen LogP) is 2.41. The molecular formula is C16H20N4O. The summed E-state index contributed by atoms with van der Waals surface area (Å²) in [6.45, 7) is 3.41. The molecular weight excluding hydrogens is 264 g/mol. The molecule has 0 bridgehead atoms. The van der Waals surface area contributed by atoms with Crippen LogP contribution in [0.4, 0.5) is 11.4 Å². The molecule has 0 aliphatic carbocycles. The molecule has 0 radical (unpaired) electrons. The number of nitrogens with zero attached hydrogens (tertiary/aromatic N) is 2. The minimum absolute atomic E-state index is 0.109. The fourth-order valence-electron chi connectivity index (χ4n) is 2.35. The fourth-order valence-corrected chi connectivity index (χ4v) is 2.35. The molecule has 0 atom stereocenters. The Hall–Kier alpha value is -2.48. The van der Waals surface area contributed by atoms with Crippen molar-refractivity contribution < 1.29 is 4.79 Å². The maximum atomic E-state index is 12.3. The molecule has 1 fully saturated rings. The first-order chi connectivity index (χ1) is 10.1. The van der Waals surface area contributed by atoms with Crippen LogP contribution in [0.2, 0.25) is 0 Å². The summed E-state index contributed by atoms with van der Waals surface area (Å²) in [5, 5.41) is 12.2. The van der Waals surface area contributed by atoms with E-state index in [1.807, 2.05) is 25.1 Å². The summed E-state index contributed by atoms with van der Waals surface area (Å²) < 4.78 is 0. The zero-order valence-corrected chi connectivity index (χ0v) is 12.2. The fraction of sp³-hybridized carbons (Fsp3) is 0.375. The zero-order valence-electron chi connectivity index (χ0n) is 12.2. The van der Waals surface area contributed by atoms with Gasteiger partial charge in [-0.25, -0.2) is 0 Å². The summed E-state index contributed by atoms with van der Waals surface area (Å²) in [4.78, 5) is 14.0. The van der Waals surface area contributed by atoms with Gasteiger partial charge >= 0.3 is 0 Å². The number of likely N-dealkylation sites (tertiary alicyclic amines) is 1. The van der Waals surface area contributed by atoms with Gasteiger partial charge in [-0.2, -0.15) is 5.26 Å². The van der Waals surface area contributed by atoms with E-state index in [9.17, 15) is 10.1 Å². The van der Waals surface area contributed by atoms with Crippen LogP contribution < -0.4 is 11.1 Å². The van der Waals surface area contributed by atoms with Gasteiger partial charge in [0.05, 0.1) is 11.4 Å². The molecule has 1 saturated heterocycles. The van der Waals surface area contributed by atoms with Crippen LogP contribution in [0.3, 0.4) is 0 Å². The number of carbonyl (C=O) groups excluding carboxylic acids is 1. The molecule has 0 unspecified atom stereocenters. The highest BCUT2D eigenvalue weighted by Crippen LogP contribution is 2.20. The summed E-state index contributed by atoms with van der Waals surface area (Å²) in [6, 6.07) is 7.56. The number of piperidine rings is 1. The molecule has 5 heteroatoms. The third kappa shape index (κ3) is 3.76. The average molecular weight is 284 g/mol. The molecule has 110 valence electrons. The number of hydrogen-bond acceptors (Lipinski definition) is 4. The summed E-state index contributed by atoms with van der Waals surface area (Å²) in [5.74, 6) is -0.212. The largest absolute Gasteiger partial charge is 0.397 e. The summed E-state index contributed by atoms with van der Waals surface area (Å²) in [5.41, 5.74) is 8.32. The van der Waals surface area contributed by atoms with Gasteiger partial charge in [0, 0.05) is 19.3 Å². The van der Waals surface area contributed by atoms with Crippen LogP contribution in [0.5, 0.6) is 0 Å². The van der Waals surface area contributed by atoms with E-state index < -0.39 is 0 Å². The first-order valence-electron chi connectivity index (χ1n) is 7.14. The number of nitrogen functional groups attached to an aromatic ring is 1. The van der Waals surface area contributed by atoms with Crippen LogP contribution in [0.1, 0.15) is 24.8 Å². The Kier molecular flexibility index (Phi) is 4.83. The Labute approximate surface area is 125 Å². The van der Waals surface area contributed by atoms with Crippen LogP contribution in [0, 0.1) is 18.3 Å². The maximum absolute atomic E-state index is 12.3. The lowest BCUT2D eigenvalue weighted by Crippen LogP contribution is -2.36. The lowest BCUT2D eigenvalue weighted by molar-refractivity contribution is -0.127. The number of hydrogen-bond donors (Lipinski definition) is 2. The molecule has 1 aliphatic heterocycles. The number of aryl methyl sites for hydroxylation is 1. The Bertz CT molecular complexity index is 595. The Balaban J connectivity index is 2.11. The lowest BCUT2D eigenvalue weighted by atomic mass is 10.1. The molecule has 1 aromatic carbocycles. The highest BCUT2D eigenvalue weighted by Gasteiger charge is 2.20.